The van der Waals surface area contributed by atoms with Gasteiger partial charge in [0.25, 0.3) is 0 Å². The lowest BCUT2D eigenvalue weighted by molar-refractivity contribution is 0.316. The van der Waals surface area contributed by atoms with E-state index in [0.29, 0.717) is 11.7 Å². The highest BCUT2D eigenvalue weighted by Gasteiger charge is 2.21. The van der Waals surface area contributed by atoms with Crippen molar-refractivity contribution in [3.8, 4) is 5.75 Å². The molecule has 0 amide bonds. The van der Waals surface area contributed by atoms with E-state index in [4.69, 9.17) is 10.5 Å². The Bertz CT molecular complexity index is 384. The van der Waals surface area contributed by atoms with Crippen molar-refractivity contribution in [2.24, 2.45) is 11.7 Å². The quantitative estimate of drug-likeness (QED) is 0.866. The molecule has 1 aliphatic heterocycles. The van der Waals surface area contributed by atoms with Crippen LogP contribution in [-0.4, -0.2) is 31.6 Å². The van der Waals surface area contributed by atoms with Crippen LogP contribution in [0.3, 0.4) is 0 Å². The fraction of sp³-hybridized carbons (Fsp3) is 0.538. The van der Waals surface area contributed by atoms with Gasteiger partial charge in [0.2, 0.25) is 0 Å². The third-order valence-corrected chi connectivity index (χ3v) is 3.33. The maximum Gasteiger partial charge on any atom is 0.165 e. The number of benzene rings is 1. The number of ether oxygens (including phenoxy) is 1. The largest absolute Gasteiger partial charge is 0.494 e. The van der Waals surface area contributed by atoms with Crippen LogP contribution in [0.1, 0.15) is 12.0 Å². The van der Waals surface area contributed by atoms with Gasteiger partial charge >= 0.3 is 0 Å². The molecule has 17 heavy (non-hydrogen) atoms. The Kier molecular flexibility index (Phi) is 3.97. The first-order chi connectivity index (χ1) is 8.22. The average Bonchev–Trinajstić information content (AvgIpc) is 2.77. The van der Waals surface area contributed by atoms with Crippen molar-refractivity contribution in [1.82, 2.24) is 4.90 Å². The number of likely N-dealkylation sites (tertiary alicyclic amines) is 1. The Morgan fingerprint density at radius 2 is 2.35 bits per heavy atom. The van der Waals surface area contributed by atoms with E-state index in [0.717, 1.165) is 38.2 Å². The molecule has 1 heterocycles. The van der Waals surface area contributed by atoms with Gasteiger partial charge in [-0.05, 0) is 43.1 Å². The van der Waals surface area contributed by atoms with Crippen molar-refractivity contribution < 1.29 is 9.13 Å². The Labute approximate surface area is 101 Å². The fourth-order valence-corrected chi connectivity index (χ4v) is 2.32. The molecule has 2 N–H and O–H groups in total. The SMILES string of the molecule is COc1ccc(CN2CCC(CN)C2)cc1F. The molecular weight excluding hydrogens is 219 g/mol. The lowest BCUT2D eigenvalue weighted by Crippen LogP contribution is -2.22. The molecule has 2 rings (SSSR count). The highest BCUT2D eigenvalue weighted by atomic mass is 19.1. The monoisotopic (exact) mass is 238 g/mol. The number of rotatable bonds is 4. The van der Waals surface area contributed by atoms with E-state index in [-0.39, 0.29) is 5.82 Å². The standard InChI is InChI=1S/C13H19FN2O/c1-17-13-3-2-10(6-12(13)14)8-16-5-4-11(7-15)9-16/h2-3,6,11H,4-5,7-9,15H2,1H3. The van der Waals surface area contributed by atoms with Gasteiger partial charge in [0, 0.05) is 13.1 Å². The van der Waals surface area contributed by atoms with Crippen LogP contribution in [0.5, 0.6) is 5.75 Å². The summed E-state index contributed by atoms with van der Waals surface area (Å²) in [6, 6.07) is 5.15. The van der Waals surface area contributed by atoms with E-state index in [1.54, 1.807) is 12.1 Å². The molecule has 1 atom stereocenters. The Morgan fingerprint density at radius 3 is 2.94 bits per heavy atom. The van der Waals surface area contributed by atoms with E-state index in [2.05, 4.69) is 4.90 Å². The van der Waals surface area contributed by atoms with Crippen molar-refractivity contribution in [2.75, 3.05) is 26.7 Å². The molecule has 0 aromatic heterocycles. The van der Waals surface area contributed by atoms with Gasteiger partial charge in [-0.1, -0.05) is 6.07 Å². The van der Waals surface area contributed by atoms with Crippen LogP contribution < -0.4 is 10.5 Å². The number of hydrogen-bond acceptors (Lipinski definition) is 3. The van der Waals surface area contributed by atoms with Crippen molar-refractivity contribution >= 4 is 0 Å². The van der Waals surface area contributed by atoms with Crippen molar-refractivity contribution in [3.05, 3.63) is 29.6 Å². The van der Waals surface area contributed by atoms with E-state index in [1.807, 2.05) is 6.07 Å². The highest BCUT2D eigenvalue weighted by Crippen LogP contribution is 2.21. The summed E-state index contributed by atoms with van der Waals surface area (Å²) in [5, 5.41) is 0. The summed E-state index contributed by atoms with van der Waals surface area (Å²) in [5.41, 5.74) is 6.64. The summed E-state index contributed by atoms with van der Waals surface area (Å²) in [6.45, 7) is 3.60. The predicted octanol–water partition coefficient (Wildman–Crippen LogP) is 1.61. The average molecular weight is 238 g/mol. The smallest absolute Gasteiger partial charge is 0.165 e. The summed E-state index contributed by atoms with van der Waals surface area (Å²) in [5.74, 6) is 0.604. The third-order valence-electron chi connectivity index (χ3n) is 3.33. The molecule has 0 radical (unpaired) electrons. The summed E-state index contributed by atoms with van der Waals surface area (Å²) < 4.78 is 18.4. The molecule has 1 aliphatic rings. The fourth-order valence-electron chi connectivity index (χ4n) is 2.32. The second-order valence-corrected chi connectivity index (χ2v) is 4.59. The molecule has 0 bridgehead atoms. The van der Waals surface area contributed by atoms with Crippen molar-refractivity contribution in [2.45, 2.75) is 13.0 Å². The molecule has 4 heteroatoms. The summed E-state index contributed by atoms with van der Waals surface area (Å²) >= 11 is 0. The number of nitrogens with two attached hydrogens (primary N) is 1. The number of hydrogen-bond donors (Lipinski definition) is 1. The second kappa shape index (κ2) is 5.47. The lowest BCUT2D eigenvalue weighted by atomic mass is 10.1. The first kappa shape index (κ1) is 12.3. The number of nitrogens with zero attached hydrogens (tertiary/aromatic N) is 1. The summed E-state index contributed by atoms with van der Waals surface area (Å²) in [7, 11) is 1.48. The molecule has 0 saturated carbocycles. The van der Waals surface area contributed by atoms with Gasteiger partial charge in [-0.3, -0.25) is 4.90 Å². The summed E-state index contributed by atoms with van der Waals surface area (Å²) in [4.78, 5) is 2.32. The molecule has 1 saturated heterocycles. The van der Waals surface area contributed by atoms with Crippen LogP contribution in [0.25, 0.3) is 0 Å². The van der Waals surface area contributed by atoms with Gasteiger partial charge in [0.1, 0.15) is 0 Å². The topological polar surface area (TPSA) is 38.5 Å². The number of methoxy groups -OCH3 is 1. The van der Waals surface area contributed by atoms with E-state index < -0.39 is 0 Å². The lowest BCUT2D eigenvalue weighted by Gasteiger charge is -2.16. The molecule has 1 fully saturated rings. The van der Waals surface area contributed by atoms with Gasteiger partial charge < -0.3 is 10.5 Å². The first-order valence-corrected chi connectivity index (χ1v) is 5.97. The Morgan fingerprint density at radius 1 is 1.53 bits per heavy atom. The molecule has 0 spiro atoms. The molecule has 94 valence electrons. The summed E-state index contributed by atoms with van der Waals surface area (Å²) in [6.07, 6.45) is 1.15. The van der Waals surface area contributed by atoms with Crippen LogP contribution in [-0.2, 0) is 6.54 Å². The number of halogens is 1. The van der Waals surface area contributed by atoms with Gasteiger partial charge in [0.15, 0.2) is 11.6 Å². The van der Waals surface area contributed by atoms with Gasteiger partial charge in [-0.25, -0.2) is 4.39 Å². The van der Waals surface area contributed by atoms with Crippen molar-refractivity contribution in [3.63, 3.8) is 0 Å². The minimum absolute atomic E-state index is 0.292. The molecular formula is C13H19FN2O. The Balaban J connectivity index is 1.97. The molecule has 0 aliphatic carbocycles. The highest BCUT2D eigenvalue weighted by molar-refractivity contribution is 5.29. The Hall–Kier alpha value is -1.13. The maximum absolute atomic E-state index is 13.5. The minimum Gasteiger partial charge on any atom is -0.494 e. The molecule has 1 unspecified atom stereocenters. The third kappa shape index (κ3) is 2.96. The van der Waals surface area contributed by atoms with E-state index >= 15 is 0 Å². The predicted molar refractivity (Wildman–Crippen MR) is 65.4 cm³/mol. The zero-order valence-electron chi connectivity index (χ0n) is 10.2. The van der Waals surface area contributed by atoms with Crippen LogP contribution in [0.4, 0.5) is 4.39 Å². The minimum atomic E-state index is -0.292. The van der Waals surface area contributed by atoms with Crippen LogP contribution in [0, 0.1) is 11.7 Å². The molecule has 1 aromatic carbocycles. The molecule has 1 aromatic rings. The van der Waals surface area contributed by atoms with Crippen LogP contribution >= 0.6 is 0 Å². The zero-order valence-corrected chi connectivity index (χ0v) is 10.2. The first-order valence-electron chi connectivity index (χ1n) is 5.97. The maximum atomic E-state index is 13.5. The van der Waals surface area contributed by atoms with E-state index in [1.165, 1.54) is 7.11 Å². The normalized spacial score (nSPS) is 20.8. The van der Waals surface area contributed by atoms with Crippen LogP contribution in [0.2, 0.25) is 0 Å². The second-order valence-electron chi connectivity index (χ2n) is 4.59. The van der Waals surface area contributed by atoms with Gasteiger partial charge in [0.05, 0.1) is 7.11 Å². The van der Waals surface area contributed by atoms with Crippen molar-refractivity contribution in [1.29, 1.82) is 0 Å². The molecule has 3 nitrogen and oxygen atoms in total. The van der Waals surface area contributed by atoms with Gasteiger partial charge in [-0.2, -0.15) is 0 Å². The van der Waals surface area contributed by atoms with E-state index in [9.17, 15) is 4.39 Å². The van der Waals surface area contributed by atoms with Gasteiger partial charge in [-0.15, -0.1) is 0 Å². The zero-order chi connectivity index (χ0) is 12.3. The van der Waals surface area contributed by atoms with Crippen LogP contribution in [0.15, 0.2) is 18.2 Å².